The highest BCUT2D eigenvalue weighted by Crippen LogP contribution is 2.24. The fourth-order valence-electron chi connectivity index (χ4n) is 2.50. The van der Waals surface area contributed by atoms with E-state index in [1.807, 2.05) is 32.9 Å². The highest BCUT2D eigenvalue weighted by molar-refractivity contribution is 7.92. The lowest BCUT2D eigenvalue weighted by Crippen LogP contribution is -2.41. The molecule has 0 fully saturated rings. The maximum absolute atomic E-state index is 13.2. The van der Waals surface area contributed by atoms with Gasteiger partial charge in [0.25, 0.3) is 10.0 Å². The Hall–Kier alpha value is -2.34. The Morgan fingerprint density at radius 3 is 2.15 bits per heavy atom. The number of rotatable bonds is 8. The molecule has 0 saturated heterocycles. The molecule has 1 N–H and O–H groups in total. The number of amides is 1. The summed E-state index contributed by atoms with van der Waals surface area (Å²) in [5.74, 6) is -0.317. The van der Waals surface area contributed by atoms with Crippen molar-refractivity contribution in [2.24, 2.45) is 0 Å². The number of anilines is 1. The van der Waals surface area contributed by atoms with Crippen LogP contribution in [0, 0.1) is 6.92 Å². The van der Waals surface area contributed by atoms with E-state index in [1.54, 1.807) is 36.4 Å². The second-order valence-corrected chi connectivity index (χ2v) is 8.06. The third-order valence-electron chi connectivity index (χ3n) is 4.10. The van der Waals surface area contributed by atoms with Crippen molar-refractivity contribution in [2.45, 2.75) is 38.5 Å². The lowest BCUT2D eigenvalue weighted by molar-refractivity contribution is -0.119. The zero-order valence-electron chi connectivity index (χ0n) is 15.5. The minimum atomic E-state index is -3.84. The van der Waals surface area contributed by atoms with E-state index in [1.165, 1.54) is 4.31 Å². The number of sulfonamides is 1. The molecule has 0 unspecified atom stereocenters. The average molecular weight is 375 g/mol. The van der Waals surface area contributed by atoms with Crippen LogP contribution in [0.4, 0.5) is 5.69 Å². The standard InChI is InChI=1S/C20H26N2O3S/c1-4-14-21-20(23)15-22(18-10-8-17(5-2)9-11-18)26(24,25)19-12-6-16(3)7-13-19/h6-13H,4-5,14-15H2,1-3H3,(H,21,23). The summed E-state index contributed by atoms with van der Waals surface area (Å²) >= 11 is 0. The highest BCUT2D eigenvalue weighted by Gasteiger charge is 2.27. The molecule has 2 aromatic rings. The summed E-state index contributed by atoms with van der Waals surface area (Å²) in [6.07, 6.45) is 1.66. The van der Waals surface area contributed by atoms with Gasteiger partial charge in [0.05, 0.1) is 10.6 Å². The first-order valence-corrected chi connectivity index (χ1v) is 10.3. The van der Waals surface area contributed by atoms with E-state index >= 15 is 0 Å². The lowest BCUT2D eigenvalue weighted by Gasteiger charge is -2.24. The minimum absolute atomic E-state index is 0.172. The first-order chi connectivity index (χ1) is 12.4. The van der Waals surface area contributed by atoms with Gasteiger partial charge in [-0.05, 0) is 49.6 Å². The molecular weight excluding hydrogens is 348 g/mol. The molecule has 2 aromatic carbocycles. The monoisotopic (exact) mass is 374 g/mol. The number of benzene rings is 2. The van der Waals surface area contributed by atoms with Crippen LogP contribution in [0.15, 0.2) is 53.4 Å². The molecule has 0 heterocycles. The molecule has 0 bridgehead atoms. The smallest absolute Gasteiger partial charge is 0.264 e. The zero-order valence-corrected chi connectivity index (χ0v) is 16.3. The molecule has 2 rings (SSSR count). The summed E-state index contributed by atoms with van der Waals surface area (Å²) < 4.78 is 27.5. The van der Waals surface area contributed by atoms with Crippen molar-refractivity contribution in [1.29, 1.82) is 0 Å². The molecule has 6 heteroatoms. The Labute approximate surface area is 156 Å². The molecule has 140 valence electrons. The maximum atomic E-state index is 13.2. The van der Waals surface area contributed by atoms with Crippen molar-refractivity contribution in [2.75, 3.05) is 17.4 Å². The van der Waals surface area contributed by atoms with Gasteiger partial charge in [0, 0.05) is 6.54 Å². The van der Waals surface area contributed by atoms with Gasteiger partial charge in [0.1, 0.15) is 6.54 Å². The Kier molecular flexibility index (Phi) is 6.80. The van der Waals surface area contributed by atoms with Crippen LogP contribution < -0.4 is 9.62 Å². The first kappa shape index (κ1) is 20.0. The predicted molar refractivity (Wildman–Crippen MR) is 105 cm³/mol. The number of nitrogens with zero attached hydrogens (tertiary/aromatic N) is 1. The Balaban J connectivity index is 2.40. The maximum Gasteiger partial charge on any atom is 0.264 e. The van der Waals surface area contributed by atoms with Gasteiger partial charge in [0.2, 0.25) is 5.91 Å². The van der Waals surface area contributed by atoms with Crippen molar-refractivity contribution in [3.05, 3.63) is 59.7 Å². The van der Waals surface area contributed by atoms with Crippen LogP contribution in [-0.2, 0) is 21.2 Å². The van der Waals surface area contributed by atoms with Crippen molar-refractivity contribution < 1.29 is 13.2 Å². The molecular formula is C20H26N2O3S. The molecule has 0 aliphatic heterocycles. The number of nitrogens with one attached hydrogen (secondary N) is 1. The van der Waals surface area contributed by atoms with Gasteiger partial charge in [-0.1, -0.05) is 43.7 Å². The van der Waals surface area contributed by atoms with E-state index in [0.29, 0.717) is 12.2 Å². The van der Waals surface area contributed by atoms with Crippen molar-refractivity contribution in [3.63, 3.8) is 0 Å². The SMILES string of the molecule is CCCNC(=O)CN(c1ccc(CC)cc1)S(=O)(=O)c1ccc(C)cc1. The van der Waals surface area contributed by atoms with Crippen LogP contribution >= 0.6 is 0 Å². The van der Waals surface area contributed by atoms with Gasteiger partial charge in [0.15, 0.2) is 0 Å². The number of hydrogen-bond acceptors (Lipinski definition) is 3. The predicted octanol–water partition coefficient (Wildman–Crippen LogP) is 3.28. The third-order valence-corrected chi connectivity index (χ3v) is 5.89. The van der Waals surface area contributed by atoms with Crippen molar-refractivity contribution in [1.82, 2.24) is 5.32 Å². The second kappa shape index (κ2) is 8.85. The Morgan fingerprint density at radius 1 is 1.00 bits per heavy atom. The number of aryl methyl sites for hydroxylation is 2. The molecule has 0 spiro atoms. The van der Waals surface area contributed by atoms with Gasteiger partial charge in [-0.25, -0.2) is 8.42 Å². The first-order valence-electron chi connectivity index (χ1n) is 8.83. The summed E-state index contributed by atoms with van der Waals surface area (Å²) in [6.45, 7) is 6.15. The number of hydrogen-bond donors (Lipinski definition) is 1. The summed E-state index contributed by atoms with van der Waals surface area (Å²) in [4.78, 5) is 12.4. The second-order valence-electron chi connectivity index (χ2n) is 6.19. The van der Waals surface area contributed by atoms with E-state index in [0.717, 1.165) is 24.0 Å². The normalized spacial score (nSPS) is 11.2. The quantitative estimate of drug-likeness (QED) is 0.771. The van der Waals surface area contributed by atoms with Crippen LogP contribution in [0.3, 0.4) is 0 Å². The molecule has 0 aliphatic rings. The van der Waals surface area contributed by atoms with Crippen molar-refractivity contribution in [3.8, 4) is 0 Å². The zero-order chi connectivity index (χ0) is 19.2. The highest BCUT2D eigenvalue weighted by atomic mass is 32.2. The average Bonchev–Trinajstić information content (AvgIpc) is 2.64. The largest absolute Gasteiger partial charge is 0.355 e. The van der Waals surface area contributed by atoms with Crippen LogP contribution in [-0.4, -0.2) is 27.4 Å². The van der Waals surface area contributed by atoms with Gasteiger partial charge >= 0.3 is 0 Å². The molecule has 0 saturated carbocycles. The fourth-order valence-corrected chi connectivity index (χ4v) is 3.92. The lowest BCUT2D eigenvalue weighted by atomic mass is 10.1. The van der Waals surface area contributed by atoms with E-state index < -0.39 is 10.0 Å². The summed E-state index contributed by atoms with van der Waals surface area (Å²) in [6, 6.07) is 13.9. The van der Waals surface area contributed by atoms with Crippen LogP contribution in [0.2, 0.25) is 0 Å². The summed E-state index contributed by atoms with van der Waals surface area (Å²) in [5, 5.41) is 2.74. The van der Waals surface area contributed by atoms with Crippen LogP contribution in [0.1, 0.15) is 31.4 Å². The van der Waals surface area contributed by atoms with Gasteiger partial charge < -0.3 is 5.32 Å². The molecule has 0 aliphatic carbocycles. The van der Waals surface area contributed by atoms with E-state index in [2.05, 4.69) is 5.32 Å². The third kappa shape index (κ3) is 4.85. The molecule has 5 nitrogen and oxygen atoms in total. The fraction of sp³-hybridized carbons (Fsp3) is 0.350. The van der Waals surface area contributed by atoms with E-state index in [9.17, 15) is 13.2 Å². The summed E-state index contributed by atoms with van der Waals surface area (Å²) in [5.41, 5.74) is 2.56. The van der Waals surface area contributed by atoms with Gasteiger partial charge in [-0.15, -0.1) is 0 Å². The summed E-state index contributed by atoms with van der Waals surface area (Å²) in [7, 11) is -3.84. The molecule has 26 heavy (non-hydrogen) atoms. The van der Waals surface area contributed by atoms with Crippen LogP contribution in [0.25, 0.3) is 0 Å². The van der Waals surface area contributed by atoms with E-state index in [-0.39, 0.29) is 17.3 Å². The van der Waals surface area contributed by atoms with E-state index in [4.69, 9.17) is 0 Å². The Morgan fingerprint density at radius 2 is 1.62 bits per heavy atom. The topological polar surface area (TPSA) is 66.5 Å². The molecule has 1 amide bonds. The molecule has 0 radical (unpaired) electrons. The van der Waals surface area contributed by atoms with Crippen molar-refractivity contribution >= 4 is 21.6 Å². The number of carbonyl (C=O) groups is 1. The van der Waals surface area contributed by atoms with Crippen LogP contribution in [0.5, 0.6) is 0 Å². The Bertz CT molecular complexity index is 828. The van der Waals surface area contributed by atoms with Gasteiger partial charge in [-0.2, -0.15) is 0 Å². The van der Waals surface area contributed by atoms with Gasteiger partial charge in [-0.3, -0.25) is 9.10 Å². The molecule has 0 aromatic heterocycles. The molecule has 0 atom stereocenters. The number of carbonyl (C=O) groups excluding carboxylic acids is 1. The minimum Gasteiger partial charge on any atom is -0.355 e.